The second kappa shape index (κ2) is 11.4. The van der Waals surface area contributed by atoms with Crippen LogP contribution in [0.4, 0.5) is 9.59 Å². The first-order valence-electron chi connectivity index (χ1n) is 17.5. The number of hydrogen-bond donors (Lipinski definition) is 2. The number of benzene rings is 2. The number of nitrogens with zero attached hydrogens (tertiary/aromatic N) is 4. The molecular weight excluding hydrogens is 616 g/mol. The van der Waals surface area contributed by atoms with Crippen molar-refractivity contribution < 1.29 is 19.1 Å². The molecule has 2 aliphatic carbocycles. The van der Waals surface area contributed by atoms with Gasteiger partial charge in [0, 0.05) is 23.2 Å². The highest BCUT2D eigenvalue weighted by Crippen LogP contribution is 2.53. The van der Waals surface area contributed by atoms with Gasteiger partial charge in [0.05, 0.1) is 30.2 Å². The fourth-order valence-electron chi connectivity index (χ4n) is 7.78. The maximum atomic E-state index is 13.1. The number of amides is 2. The van der Waals surface area contributed by atoms with Crippen molar-refractivity contribution in [1.82, 2.24) is 29.7 Å². The highest BCUT2D eigenvalue weighted by molar-refractivity contribution is 5.88. The molecule has 2 saturated carbocycles. The van der Waals surface area contributed by atoms with Crippen LogP contribution in [-0.4, -0.2) is 65.2 Å². The molecule has 2 amide bonds. The number of hydrogen-bond acceptors (Lipinski definition) is 6. The smallest absolute Gasteiger partial charge is 0.411 e. The minimum atomic E-state index is -0.546. The Morgan fingerprint density at radius 3 is 2.06 bits per heavy atom. The van der Waals surface area contributed by atoms with E-state index in [2.05, 4.69) is 57.1 Å². The molecule has 0 radical (unpaired) electrons. The predicted molar refractivity (Wildman–Crippen MR) is 185 cm³/mol. The van der Waals surface area contributed by atoms with Gasteiger partial charge in [0.2, 0.25) is 0 Å². The zero-order valence-corrected chi connectivity index (χ0v) is 29.0. The number of fused-ring (bicyclic) bond motifs is 3. The highest BCUT2D eigenvalue weighted by Gasteiger charge is 2.56. The van der Waals surface area contributed by atoms with E-state index in [0.717, 1.165) is 71.3 Å². The molecule has 6 atom stereocenters. The number of ether oxygens (including phenoxy) is 2. The number of H-pyrrole nitrogens is 2. The molecule has 4 aliphatic rings. The molecule has 4 fully saturated rings. The number of imidazole rings is 2. The van der Waals surface area contributed by atoms with Crippen molar-refractivity contribution in [2.75, 3.05) is 0 Å². The molecule has 4 aromatic rings. The first-order chi connectivity index (χ1) is 23.3. The second-order valence-electron chi connectivity index (χ2n) is 16.1. The number of carbonyl (C=O) groups excluding carboxylic acids is 2. The Balaban J connectivity index is 0.963. The van der Waals surface area contributed by atoms with Gasteiger partial charge in [-0.25, -0.2) is 19.6 Å². The largest absolute Gasteiger partial charge is 0.444 e. The SMILES string of the molecule is CC(C)(C)OC(=O)N1[C@@H]2CC[C@@H]2C[C@H]1c1ncc(C#Cc2ccc3cc(-c4cnc([C@@H]5C[C@H]6C[C@H]6N5C(=O)OC(C)(C)C)[nH]4)ccc3c2)[nH]1. The lowest BCUT2D eigenvalue weighted by atomic mass is 9.80. The molecule has 2 N–H and O–H groups in total. The molecule has 4 heterocycles. The van der Waals surface area contributed by atoms with Crippen LogP contribution >= 0.6 is 0 Å². The maximum absolute atomic E-state index is 13.1. The monoisotopic (exact) mass is 660 g/mol. The summed E-state index contributed by atoms with van der Waals surface area (Å²) in [4.78, 5) is 46.2. The number of aromatic nitrogens is 4. The fraction of sp³-hybridized carbons (Fsp3) is 0.487. The molecule has 0 bridgehead atoms. The second-order valence-corrected chi connectivity index (χ2v) is 16.1. The Morgan fingerprint density at radius 2 is 1.37 bits per heavy atom. The van der Waals surface area contributed by atoms with E-state index in [1.165, 1.54) is 0 Å². The standard InChI is InChI=1S/C39H44N6O4/c1-38(2,3)48-36(46)44-30-14-12-26(30)17-32(44)34-40-20-28(42-34)13-8-22-7-9-24-16-25(11-10-23(24)15-22)29-21-41-35(43-29)33-19-27-18-31(27)45(33)37(47)49-39(4,5)6/h7,9-11,15-16,20-21,26-27,30-33H,12,14,17-19H2,1-6H3,(H,40,42)(H,41,43)/t26-,27-,30-,31-,32+,33+/m1/s1. The van der Waals surface area contributed by atoms with Crippen molar-refractivity contribution in [1.29, 1.82) is 0 Å². The van der Waals surface area contributed by atoms with Gasteiger partial charge in [-0.1, -0.05) is 24.1 Å². The van der Waals surface area contributed by atoms with Crippen LogP contribution in [-0.2, 0) is 9.47 Å². The maximum Gasteiger partial charge on any atom is 0.411 e. The van der Waals surface area contributed by atoms with E-state index < -0.39 is 11.2 Å². The Hall–Kier alpha value is -4.78. The van der Waals surface area contributed by atoms with Crippen molar-refractivity contribution in [3.8, 4) is 23.1 Å². The lowest BCUT2D eigenvalue weighted by molar-refractivity contribution is 0.00471. The normalized spacial score (nSPS) is 25.7. The van der Waals surface area contributed by atoms with E-state index in [-0.39, 0.29) is 36.4 Å². The van der Waals surface area contributed by atoms with Gasteiger partial charge in [-0.2, -0.15) is 0 Å². The Morgan fingerprint density at radius 1 is 0.735 bits per heavy atom. The molecule has 2 aromatic carbocycles. The van der Waals surface area contributed by atoms with Gasteiger partial charge in [-0.3, -0.25) is 9.80 Å². The van der Waals surface area contributed by atoms with Crippen molar-refractivity contribution in [3.63, 3.8) is 0 Å². The number of carbonyl (C=O) groups is 2. The van der Waals surface area contributed by atoms with Crippen LogP contribution in [0.15, 0.2) is 48.8 Å². The molecule has 0 spiro atoms. The van der Waals surface area contributed by atoms with Gasteiger partial charge in [0.1, 0.15) is 28.5 Å². The molecule has 2 aliphatic heterocycles. The van der Waals surface area contributed by atoms with Crippen molar-refractivity contribution in [2.45, 2.75) is 109 Å². The third-order valence-electron chi connectivity index (χ3n) is 10.2. The summed E-state index contributed by atoms with van der Waals surface area (Å²) in [6.45, 7) is 11.4. The zero-order valence-electron chi connectivity index (χ0n) is 29.0. The van der Waals surface area contributed by atoms with Gasteiger partial charge >= 0.3 is 12.2 Å². The minimum Gasteiger partial charge on any atom is -0.444 e. The molecule has 0 unspecified atom stereocenters. The molecule has 8 rings (SSSR count). The molecule has 2 aromatic heterocycles. The summed E-state index contributed by atoms with van der Waals surface area (Å²) in [6.07, 6.45) is 8.07. The van der Waals surface area contributed by atoms with Crippen molar-refractivity contribution >= 4 is 23.0 Å². The van der Waals surface area contributed by atoms with Crippen LogP contribution in [0.3, 0.4) is 0 Å². The molecular formula is C39H44N6O4. The summed E-state index contributed by atoms with van der Waals surface area (Å²) in [5, 5.41) is 2.18. The summed E-state index contributed by atoms with van der Waals surface area (Å²) in [5.74, 6) is 9.11. The summed E-state index contributed by atoms with van der Waals surface area (Å²) in [5.41, 5.74) is 2.48. The summed E-state index contributed by atoms with van der Waals surface area (Å²) in [7, 11) is 0. The predicted octanol–water partition coefficient (Wildman–Crippen LogP) is 7.88. The first kappa shape index (κ1) is 31.5. The van der Waals surface area contributed by atoms with E-state index in [0.29, 0.717) is 17.5 Å². The fourth-order valence-corrected chi connectivity index (χ4v) is 7.78. The lowest BCUT2D eigenvalue weighted by Gasteiger charge is -2.37. The average molecular weight is 661 g/mol. The van der Waals surface area contributed by atoms with E-state index in [1.807, 2.05) is 63.6 Å². The molecule has 10 heteroatoms. The summed E-state index contributed by atoms with van der Waals surface area (Å²) in [6, 6.07) is 12.8. The molecule has 254 valence electrons. The quantitative estimate of drug-likeness (QED) is 0.216. The van der Waals surface area contributed by atoms with Crippen LogP contribution < -0.4 is 0 Å². The third kappa shape index (κ3) is 6.16. The minimum absolute atomic E-state index is 0.0999. The van der Waals surface area contributed by atoms with E-state index in [9.17, 15) is 9.59 Å². The van der Waals surface area contributed by atoms with Crippen molar-refractivity contribution in [3.05, 3.63) is 71.7 Å². The number of rotatable bonds is 3. The first-order valence-corrected chi connectivity index (χ1v) is 17.5. The molecule has 2 saturated heterocycles. The van der Waals surface area contributed by atoms with Crippen LogP contribution in [0, 0.1) is 23.7 Å². The van der Waals surface area contributed by atoms with E-state index in [1.54, 1.807) is 6.20 Å². The number of likely N-dealkylation sites (tertiary alicyclic amines) is 2. The molecule has 49 heavy (non-hydrogen) atoms. The summed E-state index contributed by atoms with van der Waals surface area (Å²) < 4.78 is 11.5. The number of nitrogens with one attached hydrogen (secondary N) is 2. The third-order valence-corrected chi connectivity index (χ3v) is 10.2. The van der Waals surface area contributed by atoms with Gasteiger partial charge in [0.25, 0.3) is 0 Å². The lowest BCUT2D eigenvalue weighted by Crippen LogP contribution is -2.46. The Kier molecular flexibility index (Phi) is 7.32. The Labute approximate surface area is 287 Å². The van der Waals surface area contributed by atoms with Crippen molar-refractivity contribution in [2.24, 2.45) is 11.8 Å². The van der Waals surface area contributed by atoms with E-state index in [4.69, 9.17) is 14.5 Å². The molecule has 10 nitrogen and oxygen atoms in total. The topological polar surface area (TPSA) is 116 Å². The average Bonchev–Trinajstić information content (AvgIpc) is 3.43. The number of aromatic amines is 2. The zero-order chi connectivity index (χ0) is 34.2. The highest BCUT2D eigenvalue weighted by atomic mass is 16.6. The van der Waals surface area contributed by atoms with Crippen LogP contribution in [0.5, 0.6) is 0 Å². The Bertz CT molecular complexity index is 2000. The van der Waals surface area contributed by atoms with Gasteiger partial charge in [-0.05, 0) is 120 Å². The van der Waals surface area contributed by atoms with E-state index >= 15 is 0 Å². The summed E-state index contributed by atoms with van der Waals surface area (Å²) >= 11 is 0. The number of piperidine rings is 1. The van der Waals surface area contributed by atoms with Gasteiger partial charge in [-0.15, -0.1) is 0 Å². The van der Waals surface area contributed by atoms with Crippen LogP contribution in [0.1, 0.15) is 109 Å². The van der Waals surface area contributed by atoms with Crippen LogP contribution in [0.2, 0.25) is 0 Å². The van der Waals surface area contributed by atoms with Gasteiger partial charge < -0.3 is 19.4 Å². The van der Waals surface area contributed by atoms with Crippen LogP contribution in [0.25, 0.3) is 22.0 Å². The van der Waals surface area contributed by atoms with Gasteiger partial charge in [0.15, 0.2) is 0 Å².